The lowest BCUT2D eigenvalue weighted by Gasteiger charge is -2.12. The number of anilines is 1. The molecule has 140 valence electrons. The molecule has 0 atom stereocenters. The van der Waals surface area contributed by atoms with Crippen molar-refractivity contribution in [2.24, 2.45) is 0 Å². The molecule has 27 heavy (non-hydrogen) atoms. The Morgan fingerprint density at radius 1 is 1.15 bits per heavy atom. The highest BCUT2D eigenvalue weighted by atomic mass is 35.5. The number of hydrogen-bond donors (Lipinski definition) is 3. The average Bonchev–Trinajstić information content (AvgIpc) is 2.99. The van der Waals surface area contributed by atoms with Crippen molar-refractivity contribution in [3.05, 3.63) is 62.4 Å². The van der Waals surface area contributed by atoms with Gasteiger partial charge in [-0.2, -0.15) is 0 Å². The Bertz CT molecular complexity index is 1030. The molecule has 3 rings (SSSR count). The number of fused-ring (bicyclic) bond motifs is 1. The molecule has 8 heteroatoms. The van der Waals surface area contributed by atoms with E-state index in [1.807, 2.05) is 31.2 Å². The van der Waals surface area contributed by atoms with Crippen molar-refractivity contribution in [2.75, 3.05) is 5.32 Å². The predicted molar refractivity (Wildman–Crippen MR) is 119 cm³/mol. The number of nitrogens with one attached hydrogen (secondary N) is 3. The van der Waals surface area contributed by atoms with Crippen LogP contribution in [0, 0.1) is 6.92 Å². The van der Waals surface area contributed by atoms with Gasteiger partial charge in [0.1, 0.15) is 4.88 Å². The van der Waals surface area contributed by atoms with Crippen LogP contribution in [0.5, 0.6) is 0 Å². The number of halogens is 2. The van der Waals surface area contributed by atoms with Crippen molar-refractivity contribution >= 4 is 73.5 Å². The maximum atomic E-state index is 12.5. The molecule has 0 saturated heterocycles. The van der Waals surface area contributed by atoms with Gasteiger partial charge in [-0.3, -0.25) is 15.6 Å². The highest BCUT2D eigenvalue weighted by molar-refractivity contribution is 7.80. The van der Waals surface area contributed by atoms with Crippen molar-refractivity contribution in [3.8, 4) is 0 Å². The number of amides is 1. The molecule has 0 bridgehead atoms. The summed E-state index contributed by atoms with van der Waals surface area (Å²) in [5.74, 6) is -0.342. The molecule has 3 aromatic rings. The maximum absolute atomic E-state index is 12.5. The highest BCUT2D eigenvalue weighted by Crippen LogP contribution is 2.35. The third-order valence-corrected chi connectivity index (χ3v) is 6.29. The largest absolute Gasteiger partial charge is 0.331 e. The van der Waals surface area contributed by atoms with E-state index < -0.39 is 0 Å². The molecule has 0 fully saturated rings. The van der Waals surface area contributed by atoms with E-state index in [1.165, 1.54) is 16.9 Å². The summed E-state index contributed by atoms with van der Waals surface area (Å²) in [5, 5.41) is 5.16. The number of hydrazine groups is 1. The van der Waals surface area contributed by atoms with Gasteiger partial charge in [0.15, 0.2) is 5.11 Å². The second-order valence-electron chi connectivity index (χ2n) is 5.93. The third kappa shape index (κ3) is 4.52. The monoisotopic (exact) mass is 437 g/mol. The molecule has 3 N–H and O–H groups in total. The average molecular weight is 438 g/mol. The van der Waals surface area contributed by atoms with E-state index in [-0.39, 0.29) is 11.0 Å². The van der Waals surface area contributed by atoms with Crippen LogP contribution in [-0.4, -0.2) is 11.0 Å². The number of benzene rings is 2. The van der Waals surface area contributed by atoms with Crippen molar-refractivity contribution in [1.29, 1.82) is 0 Å². The van der Waals surface area contributed by atoms with Crippen LogP contribution in [0.15, 0.2) is 36.4 Å². The number of carbonyl (C=O) groups is 1. The fourth-order valence-corrected chi connectivity index (χ4v) is 4.30. The predicted octanol–water partition coefficient (Wildman–Crippen LogP) is 5.71. The molecule has 0 aliphatic rings. The zero-order valence-electron chi connectivity index (χ0n) is 14.7. The van der Waals surface area contributed by atoms with Crippen molar-refractivity contribution in [1.82, 2.24) is 10.9 Å². The quantitative estimate of drug-likeness (QED) is 0.362. The Morgan fingerprint density at radius 3 is 2.63 bits per heavy atom. The summed E-state index contributed by atoms with van der Waals surface area (Å²) < 4.78 is 0.986. The zero-order chi connectivity index (χ0) is 19.6. The number of thiophene rings is 1. The number of thiocarbonyl (C=S) groups is 1. The first kappa shape index (κ1) is 19.9. The fourth-order valence-electron chi connectivity index (χ4n) is 2.48. The van der Waals surface area contributed by atoms with Crippen LogP contribution in [0.3, 0.4) is 0 Å². The lowest BCUT2D eigenvalue weighted by atomic mass is 10.1. The summed E-state index contributed by atoms with van der Waals surface area (Å²) in [4.78, 5) is 12.9. The summed E-state index contributed by atoms with van der Waals surface area (Å²) >= 11 is 19.0. The molecule has 0 aliphatic carbocycles. The van der Waals surface area contributed by atoms with Gasteiger partial charge >= 0.3 is 0 Å². The number of aryl methyl sites for hydroxylation is 2. The highest BCUT2D eigenvalue weighted by Gasteiger charge is 2.17. The summed E-state index contributed by atoms with van der Waals surface area (Å²) in [6, 6.07) is 11.5. The van der Waals surface area contributed by atoms with Gasteiger partial charge in [-0.1, -0.05) is 48.3 Å². The lowest BCUT2D eigenvalue weighted by molar-refractivity contribution is 0.0948. The first-order chi connectivity index (χ1) is 12.9. The van der Waals surface area contributed by atoms with Gasteiger partial charge in [0.25, 0.3) is 5.91 Å². The van der Waals surface area contributed by atoms with Crippen LogP contribution in [0.4, 0.5) is 5.69 Å². The lowest BCUT2D eigenvalue weighted by Crippen LogP contribution is -2.43. The second kappa shape index (κ2) is 8.44. The van der Waals surface area contributed by atoms with E-state index in [2.05, 4.69) is 29.2 Å². The minimum atomic E-state index is -0.342. The van der Waals surface area contributed by atoms with E-state index in [4.69, 9.17) is 35.4 Å². The molecule has 1 aromatic heterocycles. The van der Waals surface area contributed by atoms with Gasteiger partial charge in [-0.15, -0.1) is 11.3 Å². The Labute approximate surface area is 176 Å². The van der Waals surface area contributed by atoms with Crippen molar-refractivity contribution in [2.45, 2.75) is 20.3 Å². The summed E-state index contributed by atoms with van der Waals surface area (Å²) in [6.45, 7) is 4.00. The topological polar surface area (TPSA) is 53.2 Å². The Balaban J connectivity index is 1.66. The van der Waals surface area contributed by atoms with Crippen LogP contribution in [0.1, 0.15) is 27.7 Å². The Kier molecular flexibility index (Phi) is 6.22. The number of carbonyl (C=O) groups excluding carboxylic acids is 1. The van der Waals surface area contributed by atoms with E-state index in [1.54, 1.807) is 6.07 Å². The maximum Gasteiger partial charge on any atom is 0.281 e. The Morgan fingerprint density at radius 2 is 1.93 bits per heavy atom. The summed E-state index contributed by atoms with van der Waals surface area (Å²) in [6.07, 6.45) is 0.928. The van der Waals surface area contributed by atoms with Crippen LogP contribution in [-0.2, 0) is 6.42 Å². The molecule has 1 heterocycles. The standard InChI is InChI=1S/C19H17Cl2N3OS2/c1-3-11-5-7-13-15(8-11)27-17(16(13)21)18(25)23-24-19(26)22-12-6-4-10(2)14(20)9-12/h4-9H,3H2,1-2H3,(H,23,25)(H2,22,24,26). The molecule has 1 amide bonds. The first-order valence-electron chi connectivity index (χ1n) is 8.23. The molecule has 0 saturated carbocycles. The smallest absolute Gasteiger partial charge is 0.281 e. The van der Waals surface area contributed by atoms with Gasteiger partial charge in [0.2, 0.25) is 0 Å². The molecule has 0 aliphatic heterocycles. The summed E-state index contributed by atoms with van der Waals surface area (Å²) in [7, 11) is 0. The minimum Gasteiger partial charge on any atom is -0.331 e. The first-order valence-corrected chi connectivity index (χ1v) is 10.2. The number of rotatable bonds is 3. The normalized spacial score (nSPS) is 10.7. The summed E-state index contributed by atoms with van der Waals surface area (Å²) in [5.41, 5.74) is 8.16. The van der Waals surface area contributed by atoms with Crippen LogP contribution in [0.25, 0.3) is 10.1 Å². The van der Waals surface area contributed by atoms with E-state index >= 15 is 0 Å². The number of hydrogen-bond acceptors (Lipinski definition) is 3. The molecular formula is C19H17Cl2N3OS2. The van der Waals surface area contributed by atoms with Gasteiger partial charge < -0.3 is 5.32 Å². The van der Waals surface area contributed by atoms with Crippen molar-refractivity contribution < 1.29 is 4.79 Å². The van der Waals surface area contributed by atoms with Crippen molar-refractivity contribution in [3.63, 3.8) is 0 Å². The SMILES string of the molecule is CCc1ccc2c(Cl)c(C(=O)NNC(=S)Nc3ccc(C)c(Cl)c3)sc2c1. The molecular weight excluding hydrogens is 421 g/mol. The molecule has 0 radical (unpaired) electrons. The second-order valence-corrected chi connectivity index (χ2v) is 8.17. The van der Waals surface area contributed by atoms with Gasteiger partial charge in [-0.25, -0.2) is 0 Å². The molecule has 4 nitrogen and oxygen atoms in total. The van der Waals surface area contributed by atoms with E-state index in [0.717, 1.165) is 27.8 Å². The molecule has 2 aromatic carbocycles. The minimum absolute atomic E-state index is 0.244. The van der Waals surface area contributed by atoms with Crippen LogP contribution < -0.4 is 16.2 Å². The van der Waals surface area contributed by atoms with Crippen LogP contribution in [0.2, 0.25) is 10.0 Å². The van der Waals surface area contributed by atoms with Gasteiger partial charge in [-0.05, 0) is 54.9 Å². The van der Waals surface area contributed by atoms with Gasteiger partial charge in [0, 0.05) is 20.8 Å². The zero-order valence-corrected chi connectivity index (χ0v) is 17.8. The van der Waals surface area contributed by atoms with E-state index in [0.29, 0.717) is 14.9 Å². The fraction of sp³-hybridized carbons (Fsp3) is 0.158. The van der Waals surface area contributed by atoms with E-state index in [9.17, 15) is 4.79 Å². The molecule has 0 unspecified atom stereocenters. The van der Waals surface area contributed by atoms with Crippen LogP contribution >= 0.6 is 46.8 Å². The molecule has 0 spiro atoms. The van der Waals surface area contributed by atoms with Gasteiger partial charge in [0.05, 0.1) is 5.02 Å². The third-order valence-electron chi connectivity index (χ3n) is 4.03. The Hall–Kier alpha value is -1.86.